The molecule has 16 heavy (non-hydrogen) atoms. The number of nitrogens with zero attached hydrogens (tertiary/aromatic N) is 2. The molecule has 3 nitrogen and oxygen atoms in total. The summed E-state index contributed by atoms with van der Waals surface area (Å²) < 4.78 is 2.15. The summed E-state index contributed by atoms with van der Waals surface area (Å²) in [6, 6.07) is 2.92. The van der Waals surface area contributed by atoms with E-state index >= 15 is 0 Å². The predicted molar refractivity (Wildman–Crippen MR) is 66.6 cm³/mol. The van der Waals surface area contributed by atoms with Crippen LogP contribution in [0.2, 0.25) is 0 Å². The molecule has 2 unspecified atom stereocenters. The van der Waals surface area contributed by atoms with Crippen molar-refractivity contribution in [1.29, 1.82) is 0 Å². The van der Waals surface area contributed by atoms with Gasteiger partial charge in [0.25, 0.3) is 0 Å². The van der Waals surface area contributed by atoms with Crippen molar-refractivity contribution in [2.45, 2.75) is 58.0 Å². The topological polar surface area (TPSA) is 29.9 Å². The zero-order valence-corrected chi connectivity index (χ0v) is 10.4. The molecule has 2 rings (SSSR count). The van der Waals surface area contributed by atoms with Crippen molar-refractivity contribution in [2.75, 3.05) is 6.54 Å². The summed E-state index contributed by atoms with van der Waals surface area (Å²) >= 11 is 0. The highest BCUT2D eigenvalue weighted by atomic mass is 15.3. The maximum absolute atomic E-state index is 4.36. The molecule has 1 aliphatic rings. The number of aryl methyl sites for hydroxylation is 1. The lowest BCUT2D eigenvalue weighted by atomic mass is 10.0. The van der Waals surface area contributed by atoms with Crippen LogP contribution < -0.4 is 5.32 Å². The fourth-order valence-electron chi connectivity index (χ4n) is 2.74. The Balaban J connectivity index is 1.93. The summed E-state index contributed by atoms with van der Waals surface area (Å²) in [6.45, 7) is 6.54. The van der Waals surface area contributed by atoms with Crippen molar-refractivity contribution in [3.05, 3.63) is 18.0 Å². The molecule has 0 aliphatic heterocycles. The van der Waals surface area contributed by atoms with Crippen LogP contribution in [0.5, 0.6) is 0 Å². The van der Waals surface area contributed by atoms with Gasteiger partial charge in [0.2, 0.25) is 0 Å². The van der Waals surface area contributed by atoms with Gasteiger partial charge in [0.15, 0.2) is 0 Å². The lowest BCUT2D eigenvalue weighted by Gasteiger charge is -2.13. The van der Waals surface area contributed by atoms with E-state index in [4.69, 9.17) is 0 Å². The largest absolute Gasteiger partial charge is 0.314 e. The van der Waals surface area contributed by atoms with Crippen LogP contribution in [-0.2, 0) is 6.54 Å². The number of hydrogen-bond donors (Lipinski definition) is 1. The molecule has 1 heterocycles. The van der Waals surface area contributed by atoms with Crippen LogP contribution in [0.3, 0.4) is 0 Å². The zero-order valence-electron chi connectivity index (χ0n) is 10.4. The molecule has 2 atom stereocenters. The molecular formula is C13H23N3. The first kappa shape index (κ1) is 11.6. The molecule has 0 saturated heterocycles. The van der Waals surface area contributed by atoms with Gasteiger partial charge in [-0.25, -0.2) is 0 Å². The standard InChI is InChI=1S/C13H23N3/c1-3-8-14-12-6-5-11(10-12)13-7-9-15-16(13)4-2/h7,9,11-12,14H,3-6,8,10H2,1-2H3. The number of nitrogens with one attached hydrogen (secondary N) is 1. The lowest BCUT2D eigenvalue weighted by Crippen LogP contribution is -2.27. The fraction of sp³-hybridized carbons (Fsp3) is 0.769. The maximum atomic E-state index is 4.36. The van der Waals surface area contributed by atoms with Crippen molar-refractivity contribution in [3.63, 3.8) is 0 Å². The summed E-state index contributed by atoms with van der Waals surface area (Å²) in [5.41, 5.74) is 1.43. The Kier molecular flexibility index (Phi) is 3.99. The second-order valence-corrected chi connectivity index (χ2v) is 4.73. The van der Waals surface area contributed by atoms with Crippen LogP contribution in [0, 0.1) is 0 Å². The molecule has 0 radical (unpaired) electrons. The van der Waals surface area contributed by atoms with Crippen molar-refractivity contribution in [2.24, 2.45) is 0 Å². The number of rotatable bonds is 5. The third-order valence-corrected chi connectivity index (χ3v) is 3.58. The highest BCUT2D eigenvalue weighted by Gasteiger charge is 2.27. The molecule has 1 aliphatic carbocycles. The molecule has 1 fully saturated rings. The first-order valence-electron chi connectivity index (χ1n) is 6.60. The Morgan fingerprint density at radius 1 is 1.44 bits per heavy atom. The first-order valence-corrected chi connectivity index (χ1v) is 6.60. The quantitative estimate of drug-likeness (QED) is 0.828. The Morgan fingerprint density at radius 2 is 2.31 bits per heavy atom. The van der Waals surface area contributed by atoms with Gasteiger partial charge >= 0.3 is 0 Å². The smallest absolute Gasteiger partial charge is 0.0492 e. The van der Waals surface area contributed by atoms with E-state index in [1.807, 2.05) is 6.20 Å². The van der Waals surface area contributed by atoms with E-state index in [1.165, 1.54) is 31.4 Å². The lowest BCUT2D eigenvalue weighted by molar-refractivity contribution is 0.507. The van der Waals surface area contributed by atoms with Crippen LogP contribution in [0.15, 0.2) is 12.3 Å². The van der Waals surface area contributed by atoms with E-state index in [2.05, 4.69) is 35.0 Å². The Labute approximate surface area is 98.2 Å². The van der Waals surface area contributed by atoms with E-state index < -0.39 is 0 Å². The van der Waals surface area contributed by atoms with E-state index in [0.29, 0.717) is 0 Å². The molecule has 0 aromatic carbocycles. The average Bonchev–Trinajstić information content (AvgIpc) is 2.94. The van der Waals surface area contributed by atoms with Crippen LogP contribution in [-0.4, -0.2) is 22.4 Å². The molecule has 1 saturated carbocycles. The second kappa shape index (κ2) is 5.48. The van der Waals surface area contributed by atoms with E-state index in [0.717, 1.165) is 25.0 Å². The van der Waals surface area contributed by atoms with Gasteiger partial charge in [-0.3, -0.25) is 4.68 Å². The molecule has 0 bridgehead atoms. The highest BCUT2D eigenvalue weighted by Crippen LogP contribution is 2.34. The van der Waals surface area contributed by atoms with E-state index in [9.17, 15) is 0 Å². The van der Waals surface area contributed by atoms with E-state index in [1.54, 1.807) is 0 Å². The maximum Gasteiger partial charge on any atom is 0.0492 e. The molecular weight excluding hydrogens is 198 g/mol. The molecule has 1 aromatic rings. The second-order valence-electron chi connectivity index (χ2n) is 4.73. The Morgan fingerprint density at radius 3 is 3.06 bits per heavy atom. The summed E-state index contributed by atoms with van der Waals surface area (Å²) in [6.07, 6.45) is 7.08. The molecule has 1 N–H and O–H groups in total. The summed E-state index contributed by atoms with van der Waals surface area (Å²) in [5.74, 6) is 0.719. The monoisotopic (exact) mass is 221 g/mol. The Bertz CT molecular complexity index is 319. The Hall–Kier alpha value is -0.830. The molecule has 0 spiro atoms. The fourth-order valence-corrected chi connectivity index (χ4v) is 2.74. The van der Waals surface area contributed by atoms with Gasteiger partial charge in [0.05, 0.1) is 0 Å². The molecule has 0 amide bonds. The predicted octanol–water partition coefficient (Wildman–Crippen LogP) is 2.54. The summed E-state index contributed by atoms with van der Waals surface area (Å²) in [4.78, 5) is 0. The third-order valence-electron chi connectivity index (χ3n) is 3.58. The van der Waals surface area contributed by atoms with Gasteiger partial charge in [-0.2, -0.15) is 5.10 Å². The minimum absolute atomic E-state index is 0.719. The summed E-state index contributed by atoms with van der Waals surface area (Å²) in [7, 11) is 0. The molecule has 3 heteroatoms. The summed E-state index contributed by atoms with van der Waals surface area (Å²) in [5, 5.41) is 7.99. The van der Waals surface area contributed by atoms with Crippen molar-refractivity contribution in [1.82, 2.24) is 15.1 Å². The van der Waals surface area contributed by atoms with Gasteiger partial charge in [0, 0.05) is 30.4 Å². The van der Waals surface area contributed by atoms with Gasteiger partial charge in [-0.05, 0) is 45.2 Å². The van der Waals surface area contributed by atoms with Crippen LogP contribution in [0.4, 0.5) is 0 Å². The molecule has 1 aromatic heterocycles. The SMILES string of the molecule is CCCNC1CCC(c2ccnn2CC)C1. The number of hydrogen-bond acceptors (Lipinski definition) is 2. The van der Waals surface area contributed by atoms with Crippen LogP contribution >= 0.6 is 0 Å². The van der Waals surface area contributed by atoms with Crippen molar-refractivity contribution >= 4 is 0 Å². The molecule has 90 valence electrons. The van der Waals surface area contributed by atoms with Gasteiger partial charge < -0.3 is 5.32 Å². The van der Waals surface area contributed by atoms with Gasteiger partial charge in [-0.15, -0.1) is 0 Å². The van der Waals surface area contributed by atoms with Gasteiger partial charge in [-0.1, -0.05) is 6.92 Å². The van der Waals surface area contributed by atoms with Crippen molar-refractivity contribution in [3.8, 4) is 0 Å². The van der Waals surface area contributed by atoms with Crippen LogP contribution in [0.1, 0.15) is 51.1 Å². The normalized spacial score (nSPS) is 25.1. The van der Waals surface area contributed by atoms with Gasteiger partial charge in [0.1, 0.15) is 0 Å². The number of aromatic nitrogens is 2. The van der Waals surface area contributed by atoms with E-state index in [-0.39, 0.29) is 0 Å². The van der Waals surface area contributed by atoms with Crippen molar-refractivity contribution < 1.29 is 0 Å². The first-order chi connectivity index (χ1) is 7.85. The minimum atomic E-state index is 0.719. The highest BCUT2D eigenvalue weighted by molar-refractivity contribution is 5.11. The third kappa shape index (κ3) is 2.46. The zero-order chi connectivity index (χ0) is 11.4. The minimum Gasteiger partial charge on any atom is -0.314 e. The average molecular weight is 221 g/mol. The van der Waals surface area contributed by atoms with Crippen LogP contribution in [0.25, 0.3) is 0 Å².